The summed E-state index contributed by atoms with van der Waals surface area (Å²) in [6.07, 6.45) is 6.07. The topological polar surface area (TPSA) is 64.3 Å². The molecular formula is C15H20N2O2. The molecular weight excluding hydrogens is 240 g/mol. The van der Waals surface area contributed by atoms with Gasteiger partial charge in [-0.15, -0.1) is 6.42 Å². The number of anilines is 1. The van der Waals surface area contributed by atoms with Crippen LogP contribution in [0.5, 0.6) is 5.75 Å². The fourth-order valence-electron chi connectivity index (χ4n) is 1.54. The monoisotopic (exact) mass is 260 g/mol. The first-order chi connectivity index (χ1) is 9.04. The van der Waals surface area contributed by atoms with Gasteiger partial charge in [-0.25, -0.2) is 0 Å². The van der Waals surface area contributed by atoms with E-state index in [0.29, 0.717) is 29.5 Å². The molecule has 0 radical (unpaired) electrons. The highest BCUT2D eigenvalue weighted by Gasteiger charge is 2.12. The van der Waals surface area contributed by atoms with Crippen LogP contribution in [0.15, 0.2) is 18.2 Å². The lowest BCUT2D eigenvalue weighted by Gasteiger charge is -2.11. The maximum absolute atomic E-state index is 12.1. The minimum atomic E-state index is -0.194. The molecule has 0 spiro atoms. The average Bonchev–Trinajstić information content (AvgIpc) is 2.36. The molecule has 0 aliphatic rings. The van der Waals surface area contributed by atoms with Crippen molar-refractivity contribution in [1.82, 2.24) is 5.32 Å². The van der Waals surface area contributed by atoms with E-state index >= 15 is 0 Å². The number of terminal acetylenes is 1. The van der Waals surface area contributed by atoms with E-state index in [1.54, 1.807) is 18.2 Å². The number of hydrogen-bond acceptors (Lipinski definition) is 3. The first kappa shape index (κ1) is 14.9. The van der Waals surface area contributed by atoms with Crippen LogP contribution in [0.3, 0.4) is 0 Å². The van der Waals surface area contributed by atoms with Crippen LogP contribution >= 0.6 is 0 Å². The second-order valence-corrected chi connectivity index (χ2v) is 4.69. The van der Waals surface area contributed by atoms with Crippen molar-refractivity contribution in [2.24, 2.45) is 5.92 Å². The largest absolute Gasteiger partial charge is 0.480 e. The average molecular weight is 260 g/mol. The van der Waals surface area contributed by atoms with Gasteiger partial charge in [-0.3, -0.25) is 4.79 Å². The van der Waals surface area contributed by atoms with Crippen molar-refractivity contribution < 1.29 is 9.53 Å². The molecule has 0 saturated heterocycles. The summed E-state index contributed by atoms with van der Waals surface area (Å²) < 4.78 is 5.34. The SMILES string of the molecule is C#CCOc1ccc(N)cc1C(=O)NCCC(C)C. The number of nitrogen functional groups attached to an aromatic ring is 1. The van der Waals surface area contributed by atoms with E-state index in [4.69, 9.17) is 16.9 Å². The number of benzene rings is 1. The molecule has 0 aliphatic heterocycles. The zero-order chi connectivity index (χ0) is 14.3. The molecule has 0 aliphatic carbocycles. The first-order valence-corrected chi connectivity index (χ1v) is 6.28. The Labute approximate surface area is 114 Å². The molecule has 0 unspecified atom stereocenters. The number of hydrogen-bond donors (Lipinski definition) is 2. The summed E-state index contributed by atoms with van der Waals surface area (Å²) in [5.74, 6) is 3.17. The van der Waals surface area contributed by atoms with Gasteiger partial charge in [0.15, 0.2) is 0 Å². The van der Waals surface area contributed by atoms with Crippen molar-refractivity contribution in [3.8, 4) is 18.1 Å². The van der Waals surface area contributed by atoms with Crippen molar-refractivity contribution in [2.75, 3.05) is 18.9 Å². The Morgan fingerprint density at radius 3 is 2.89 bits per heavy atom. The van der Waals surface area contributed by atoms with Crippen molar-refractivity contribution in [1.29, 1.82) is 0 Å². The summed E-state index contributed by atoms with van der Waals surface area (Å²) in [4.78, 5) is 12.1. The third-order valence-electron chi connectivity index (χ3n) is 2.57. The second kappa shape index (κ2) is 7.32. The molecule has 3 N–H and O–H groups in total. The summed E-state index contributed by atoms with van der Waals surface area (Å²) in [7, 11) is 0. The highest BCUT2D eigenvalue weighted by molar-refractivity contribution is 5.97. The predicted octanol–water partition coefficient (Wildman–Crippen LogP) is 2.06. The molecule has 102 valence electrons. The van der Waals surface area contributed by atoms with Crippen molar-refractivity contribution in [2.45, 2.75) is 20.3 Å². The second-order valence-electron chi connectivity index (χ2n) is 4.69. The molecule has 19 heavy (non-hydrogen) atoms. The van der Waals surface area contributed by atoms with Crippen molar-refractivity contribution in [3.63, 3.8) is 0 Å². The minimum Gasteiger partial charge on any atom is -0.480 e. The summed E-state index contributed by atoms with van der Waals surface area (Å²) in [6, 6.07) is 4.93. The van der Waals surface area contributed by atoms with Crippen LogP contribution in [-0.2, 0) is 0 Å². The molecule has 0 bridgehead atoms. The van der Waals surface area contributed by atoms with Gasteiger partial charge in [0.25, 0.3) is 5.91 Å². The number of carbonyl (C=O) groups is 1. The normalized spacial score (nSPS) is 10.0. The molecule has 1 aromatic rings. The van der Waals surface area contributed by atoms with E-state index in [0.717, 1.165) is 6.42 Å². The van der Waals surface area contributed by atoms with E-state index in [1.807, 2.05) is 0 Å². The molecule has 0 heterocycles. The zero-order valence-electron chi connectivity index (χ0n) is 11.4. The Morgan fingerprint density at radius 1 is 1.53 bits per heavy atom. The van der Waals surface area contributed by atoms with Crippen LogP contribution in [0.1, 0.15) is 30.6 Å². The molecule has 1 rings (SSSR count). The van der Waals surface area contributed by atoms with E-state index in [9.17, 15) is 4.79 Å². The van der Waals surface area contributed by atoms with Gasteiger partial charge in [0, 0.05) is 12.2 Å². The lowest BCUT2D eigenvalue weighted by atomic mass is 10.1. The van der Waals surface area contributed by atoms with E-state index < -0.39 is 0 Å². The third-order valence-corrected chi connectivity index (χ3v) is 2.57. The number of nitrogens with two attached hydrogens (primary N) is 1. The van der Waals surface area contributed by atoms with Crippen molar-refractivity contribution >= 4 is 11.6 Å². The summed E-state index contributed by atoms with van der Waals surface area (Å²) in [5.41, 5.74) is 6.63. The van der Waals surface area contributed by atoms with Crippen LogP contribution in [0.4, 0.5) is 5.69 Å². The molecule has 1 amide bonds. The summed E-state index contributed by atoms with van der Waals surface area (Å²) >= 11 is 0. The van der Waals surface area contributed by atoms with Crippen LogP contribution < -0.4 is 15.8 Å². The standard InChI is InChI=1S/C15H20N2O2/c1-4-9-19-14-6-5-12(16)10-13(14)15(18)17-8-7-11(2)3/h1,5-6,10-11H,7-9,16H2,2-3H3,(H,17,18). The Morgan fingerprint density at radius 2 is 2.26 bits per heavy atom. The van der Waals surface area contributed by atoms with Gasteiger partial charge in [0.2, 0.25) is 0 Å². The third kappa shape index (κ3) is 4.92. The number of ether oxygens (including phenoxy) is 1. The van der Waals surface area contributed by atoms with E-state index in [2.05, 4.69) is 25.1 Å². The van der Waals surface area contributed by atoms with Gasteiger partial charge < -0.3 is 15.8 Å². The van der Waals surface area contributed by atoms with Gasteiger partial charge in [0.1, 0.15) is 12.4 Å². The highest BCUT2D eigenvalue weighted by atomic mass is 16.5. The zero-order valence-corrected chi connectivity index (χ0v) is 11.4. The summed E-state index contributed by atoms with van der Waals surface area (Å²) in [5, 5.41) is 2.85. The first-order valence-electron chi connectivity index (χ1n) is 6.28. The minimum absolute atomic E-state index is 0.121. The molecule has 0 atom stereocenters. The Bertz CT molecular complexity index is 476. The number of rotatable bonds is 6. The van der Waals surface area contributed by atoms with Crippen LogP contribution in [0.2, 0.25) is 0 Å². The molecule has 4 nitrogen and oxygen atoms in total. The van der Waals surface area contributed by atoms with Gasteiger partial charge in [-0.2, -0.15) is 0 Å². The lowest BCUT2D eigenvalue weighted by molar-refractivity contribution is 0.0948. The quantitative estimate of drug-likeness (QED) is 0.608. The van der Waals surface area contributed by atoms with Gasteiger partial charge >= 0.3 is 0 Å². The van der Waals surface area contributed by atoms with Crippen LogP contribution in [0, 0.1) is 18.3 Å². The maximum atomic E-state index is 12.1. The molecule has 0 fully saturated rings. The Hall–Kier alpha value is -2.15. The molecule has 0 saturated carbocycles. The number of carbonyl (C=O) groups excluding carboxylic acids is 1. The van der Waals surface area contributed by atoms with Gasteiger partial charge in [-0.05, 0) is 30.5 Å². The number of amides is 1. The van der Waals surface area contributed by atoms with E-state index in [1.165, 1.54) is 0 Å². The van der Waals surface area contributed by atoms with Gasteiger partial charge in [-0.1, -0.05) is 19.8 Å². The van der Waals surface area contributed by atoms with Gasteiger partial charge in [0.05, 0.1) is 5.56 Å². The number of nitrogens with one attached hydrogen (secondary N) is 1. The maximum Gasteiger partial charge on any atom is 0.255 e. The Balaban J connectivity index is 2.76. The molecule has 4 heteroatoms. The predicted molar refractivity (Wildman–Crippen MR) is 77.0 cm³/mol. The fourth-order valence-corrected chi connectivity index (χ4v) is 1.54. The van der Waals surface area contributed by atoms with E-state index in [-0.39, 0.29) is 12.5 Å². The summed E-state index contributed by atoms with van der Waals surface area (Å²) in [6.45, 7) is 4.96. The van der Waals surface area contributed by atoms with Crippen molar-refractivity contribution in [3.05, 3.63) is 23.8 Å². The highest BCUT2D eigenvalue weighted by Crippen LogP contribution is 2.21. The van der Waals surface area contributed by atoms with Crippen LogP contribution in [0.25, 0.3) is 0 Å². The fraction of sp³-hybridized carbons (Fsp3) is 0.400. The molecule has 1 aromatic carbocycles. The smallest absolute Gasteiger partial charge is 0.255 e. The van der Waals surface area contributed by atoms with Crippen LogP contribution in [-0.4, -0.2) is 19.1 Å². The lowest BCUT2D eigenvalue weighted by Crippen LogP contribution is -2.26. The Kier molecular flexibility index (Phi) is 5.74. The molecule has 0 aromatic heterocycles.